The van der Waals surface area contributed by atoms with Gasteiger partial charge in [-0.1, -0.05) is 56.3 Å². The van der Waals surface area contributed by atoms with E-state index < -0.39 is 5.54 Å². The molecule has 3 aliphatic heterocycles. The number of amides is 1. The molecule has 1 amide bonds. The van der Waals surface area contributed by atoms with Crippen LogP contribution in [0.2, 0.25) is 0 Å². The highest BCUT2D eigenvalue weighted by molar-refractivity contribution is 5.87. The summed E-state index contributed by atoms with van der Waals surface area (Å²) in [6.45, 7) is 14.5. The molecule has 3 heterocycles. The number of carbonyl (C=O) groups excluding carboxylic acids is 1. The van der Waals surface area contributed by atoms with Crippen LogP contribution in [0.4, 0.5) is 0 Å². The Morgan fingerprint density at radius 3 is 2.50 bits per heavy atom. The Bertz CT molecular complexity index is 1050. The fourth-order valence-electron chi connectivity index (χ4n) is 7.06. The Labute approximate surface area is 217 Å². The maximum absolute atomic E-state index is 14.0. The number of carbonyl (C=O) groups is 1. The molecule has 0 radical (unpaired) electrons. The molecule has 4 fully saturated rings. The fraction of sp³-hybridized carbons (Fsp3) is 0.581. The standard InChI is InChI=1S/C31H43N3O2/c1-21(2)19-34-20-24-16-31(27(28(34)26(24)18-33-31)15-22-9-7-6-8-10-22)29(35)32-17-23-11-13-25(14-12-23)36-30(3,4)5/h6-14,21,24,26-28,33H,15-20H2,1-5H3,(H,32,35)/t24-,26-,27-,28?,31+/m1/s1. The van der Waals surface area contributed by atoms with Gasteiger partial charge in [-0.25, -0.2) is 0 Å². The lowest BCUT2D eigenvalue weighted by Crippen LogP contribution is -2.74. The first kappa shape index (κ1) is 25.3. The molecule has 3 saturated heterocycles. The van der Waals surface area contributed by atoms with Gasteiger partial charge in [0.2, 0.25) is 5.91 Å². The number of piperidine rings is 2. The summed E-state index contributed by atoms with van der Waals surface area (Å²) in [6.07, 6.45) is 1.87. The highest BCUT2D eigenvalue weighted by Gasteiger charge is 2.64. The normalized spacial score (nSPS) is 29.5. The van der Waals surface area contributed by atoms with E-state index in [4.69, 9.17) is 4.74 Å². The van der Waals surface area contributed by atoms with Gasteiger partial charge < -0.3 is 15.4 Å². The number of nitrogens with zero attached hydrogens (tertiary/aromatic N) is 1. The summed E-state index contributed by atoms with van der Waals surface area (Å²) in [5.41, 5.74) is 1.68. The van der Waals surface area contributed by atoms with E-state index in [0.717, 1.165) is 43.8 Å². The van der Waals surface area contributed by atoms with E-state index in [2.05, 4.69) is 71.8 Å². The molecule has 5 nitrogen and oxygen atoms in total. The maximum Gasteiger partial charge on any atom is 0.240 e. The Morgan fingerprint density at radius 1 is 1.11 bits per heavy atom. The summed E-state index contributed by atoms with van der Waals surface area (Å²) in [4.78, 5) is 16.8. The molecule has 2 N–H and O–H groups in total. The smallest absolute Gasteiger partial charge is 0.240 e. The highest BCUT2D eigenvalue weighted by atomic mass is 16.5. The summed E-state index contributed by atoms with van der Waals surface area (Å²) >= 11 is 0. The van der Waals surface area contributed by atoms with Crippen LogP contribution in [0, 0.1) is 23.7 Å². The SMILES string of the molecule is CC(C)CN1C[C@H]2C[C@]3(C(=O)NCc4ccc(OC(C)(C)C)cc4)NC[C@H]2C1[C@H]3Cc1ccccc1. The summed E-state index contributed by atoms with van der Waals surface area (Å²) < 4.78 is 5.95. The second-order valence-electron chi connectivity index (χ2n) is 12.7. The zero-order chi connectivity index (χ0) is 25.5. The Kier molecular flexibility index (Phi) is 6.90. The molecule has 0 spiro atoms. The molecule has 1 saturated carbocycles. The van der Waals surface area contributed by atoms with Crippen molar-refractivity contribution in [2.24, 2.45) is 23.7 Å². The van der Waals surface area contributed by atoms with Crippen molar-refractivity contribution in [1.29, 1.82) is 0 Å². The molecule has 1 unspecified atom stereocenters. The van der Waals surface area contributed by atoms with Gasteiger partial charge in [-0.3, -0.25) is 9.69 Å². The maximum atomic E-state index is 14.0. The van der Waals surface area contributed by atoms with Gasteiger partial charge >= 0.3 is 0 Å². The number of benzene rings is 2. The van der Waals surface area contributed by atoms with Crippen molar-refractivity contribution in [2.45, 2.75) is 71.2 Å². The molecule has 0 aromatic heterocycles. The molecular weight excluding hydrogens is 446 g/mol. The van der Waals surface area contributed by atoms with Crippen molar-refractivity contribution in [1.82, 2.24) is 15.5 Å². The molecule has 5 heteroatoms. The Hall–Kier alpha value is -2.37. The van der Waals surface area contributed by atoms with Crippen molar-refractivity contribution in [3.63, 3.8) is 0 Å². The lowest BCUT2D eigenvalue weighted by Gasteiger charge is -2.56. The highest BCUT2D eigenvalue weighted by Crippen LogP contribution is 2.53. The van der Waals surface area contributed by atoms with Crippen LogP contribution in [-0.4, -0.2) is 47.6 Å². The first-order valence-electron chi connectivity index (χ1n) is 13.7. The second-order valence-corrected chi connectivity index (χ2v) is 12.7. The van der Waals surface area contributed by atoms with Crippen LogP contribution in [0.25, 0.3) is 0 Å². The third-order valence-corrected chi connectivity index (χ3v) is 8.32. The van der Waals surface area contributed by atoms with Crippen molar-refractivity contribution in [2.75, 3.05) is 19.6 Å². The molecule has 194 valence electrons. The number of fused-ring (bicyclic) bond motifs is 1. The molecule has 4 aliphatic rings. The Balaban J connectivity index is 1.35. The minimum Gasteiger partial charge on any atom is -0.488 e. The predicted octanol–water partition coefficient (Wildman–Crippen LogP) is 4.66. The van der Waals surface area contributed by atoms with E-state index in [9.17, 15) is 4.79 Å². The number of hydrogen-bond donors (Lipinski definition) is 2. The van der Waals surface area contributed by atoms with E-state index in [1.165, 1.54) is 5.56 Å². The van der Waals surface area contributed by atoms with Gasteiger partial charge in [-0.2, -0.15) is 0 Å². The zero-order valence-corrected chi connectivity index (χ0v) is 22.6. The van der Waals surface area contributed by atoms with Gasteiger partial charge in [0, 0.05) is 38.1 Å². The van der Waals surface area contributed by atoms with Gasteiger partial charge in [0.1, 0.15) is 16.9 Å². The zero-order valence-electron chi connectivity index (χ0n) is 22.6. The van der Waals surface area contributed by atoms with Gasteiger partial charge in [0.15, 0.2) is 0 Å². The predicted molar refractivity (Wildman–Crippen MR) is 145 cm³/mol. The molecule has 2 aromatic rings. The summed E-state index contributed by atoms with van der Waals surface area (Å²) in [5, 5.41) is 7.12. The third kappa shape index (κ3) is 5.05. The molecule has 4 bridgehead atoms. The van der Waals surface area contributed by atoms with Crippen LogP contribution in [-0.2, 0) is 17.8 Å². The van der Waals surface area contributed by atoms with Crippen LogP contribution in [0.1, 0.15) is 52.2 Å². The molecule has 1 aliphatic carbocycles. The van der Waals surface area contributed by atoms with Gasteiger partial charge in [0.25, 0.3) is 0 Å². The van der Waals surface area contributed by atoms with Crippen LogP contribution in [0.15, 0.2) is 54.6 Å². The van der Waals surface area contributed by atoms with Gasteiger partial charge in [-0.15, -0.1) is 0 Å². The van der Waals surface area contributed by atoms with Crippen molar-refractivity contribution >= 4 is 5.91 Å². The summed E-state index contributed by atoms with van der Waals surface area (Å²) in [6, 6.07) is 19.3. The van der Waals surface area contributed by atoms with E-state index >= 15 is 0 Å². The number of hydrogen-bond acceptors (Lipinski definition) is 4. The lowest BCUT2D eigenvalue weighted by atomic mass is 9.58. The molecule has 6 rings (SSSR count). The Morgan fingerprint density at radius 2 is 1.83 bits per heavy atom. The quantitative estimate of drug-likeness (QED) is 0.566. The van der Waals surface area contributed by atoms with Crippen molar-refractivity contribution < 1.29 is 9.53 Å². The minimum atomic E-state index is -0.513. The third-order valence-electron chi connectivity index (χ3n) is 8.32. The van der Waals surface area contributed by atoms with Crippen LogP contribution in [0.5, 0.6) is 5.75 Å². The molecular formula is C31H43N3O2. The first-order chi connectivity index (χ1) is 17.1. The van der Waals surface area contributed by atoms with Crippen LogP contribution >= 0.6 is 0 Å². The van der Waals surface area contributed by atoms with E-state index in [-0.39, 0.29) is 17.4 Å². The summed E-state index contributed by atoms with van der Waals surface area (Å²) in [7, 11) is 0. The number of ether oxygens (including phenoxy) is 1. The number of likely N-dealkylation sites (tertiary alicyclic amines) is 1. The average Bonchev–Trinajstić information content (AvgIpc) is 3.12. The monoisotopic (exact) mass is 489 g/mol. The van der Waals surface area contributed by atoms with Gasteiger partial charge in [-0.05, 0) is 74.6 Å². The minimum absolute atomic E-state index is 0.165. The average molecular weight is 490 g/mol. The van der Waals surface area contributed by atoms with Crippen molar-refractivity contribution in [3.05, 3.63) is 65.7 Å². The number of rotatable bonds is 8. The molecule has 2 aromatic carbocycles. The van der Waals surface area contributed by atoms with E-state index in [0.29, 0.717) is 30.3 Å². The molecule has 36 heavy (non-hydrogen) atoms. The van der Waals surface area contributed by atoms with E-state index in [1.54, 1.807) is 0 Å². The second kappa shape index (κ2) is 9.83. The summed E-state index contributed by atoms with van der Waals surface area (Å²) in [5.74, 6) is 3.15. The van der Waals surface area contributed by atoms with Gasteiger partial charge in [0.05, 0.1) is 0 Å². The van der Waals surface area contributed by atoms with Crippen LogP contribution < -0.4 is 15.4 Å². The van der Waals surface area contributed by atoms with Crippen molar-refractivity contribution in [3.8, 4) is 5.75 Å². The first-order valence-corrected chi connectivity index (χ1v) is 13.7. The lowest BCUT2D eigenvalue weighted by molar-refractivity contribution is -0.138. The largest absolute Gasteiger partial charge is 0.488 e. The fourth-order valence-corrected chi connectivity index (χ4v) is 7.06. The molecule has 5 atom stereocenters. The van der Waals surface area contributed by atoms with Crippen LogP contribution in [0.3, 0.4) is 0 Å². The van der Waals surface area contributed by atoms with E-state index in [1.807, 2.05) is 32.9 Å². The number of nitrogens with one attached hydrogen (secondary N) is 2. The topological polar surface area (TPSA) is 53.6 Å².